The second-order valence-corrected chi connectivity index (χ2v) is 10.2. The summed E-state index contributed by atoms with van der Waals surface area (Å²) in [6.45, 7) is 5.40. The Morgan fingerprint density at radius 1 is 1.06 bits per heavy atom. The highest BCUT2D eigenvalue weighted by molar-refractivity contribution is 5.96. The minimum Gasteiger partial charge on any atom is -0.493 e. The molecule has 2 aliphatic heterocycles. The molecule has 0 bridgehead atoms. The molecule has 7 nitrogen and oxygen atoms in total. The predicted molar refractivity (Wildman–Crippen MR) is 142 cm³/mol. The van der Waals surface area contributed by atoms with Crippen molar-refractivity contribution in [3.8, 4) is 5.75 Å². The highest BCUT2D eigenvalue weighted by Gasteiger charge is 2.23. The Bertz CT molecular complexity index is 997. The van der Waals surface area contributed by atoms with Crippen LogP contribution in [0, 0.1) is 5.92 Å². The van der Waals surface area contributed by atoms with Crippen LogP contribution in [0.4, 0.5) is 0 Å². The van der Waals surface area contributed by atoms with Crippen LogP contribution in [0.25, 0.3) is 0 Å². The number of carbonyl (C=O) groups excluding carboxylic acids is 2. The lowest BCUT2D eigenvalue weighted by Crippen LogP contribution is -2.39. The van der Waals surface area contributed by atoms with E-state index in [1.807, 2.05) is 36.4 Å². The minimum atomic E-state index is -0.0721. The number of likely N-dealkylation sites (tertiary alicyclic amines) is 1. The van der Waals surface area contributed by atoms with Gasteiger partial charge in [0.1, 0.15) is 5.75 Å². The SMILES string of the molecule is CN1CCCC(CNC(=O)c2cccc3c2CN(Cc2ccccc2)CC(=O)NCCCCCO3)C1. The van der Waals surface area contributed by atoms with E-state index in [1.165, 1.54) is 6.42 Å². The molecule has 0 radical (unpaired) electrons. The third-order valence-electron chi connectivity index (χ3n) is 7.05. The van der Waals surface area contributed by atoms with Gasteiger partial charge in [-0.05, 0) is 69.3 Å². The first kappa shape index (κ1) is 26.2. The number of rotatable bonds is 5. The number of nitrogens with zero attached hydrogens (tertiary/aromatic N) is 2. The normalized spacial score (nSPS) is 20.6. The Kier molecular flexibility index (Phi) is 9.76. The largest absolute Gasteiger partial charge is 0.493 e. The number of piperidine rings is 1. The summed E-state index contributed by atoms with van der Waals surface area (Å²) >= 11 is 0. The van der Waals surface area contributed by atoms with Crippen LogP contribution >= 0.6 is 0 Å². The van der Waals surface area contributed by atoms with E-state index in [9.17, 15) is 9.59 Å². The molecule has 2 aliphatic rings. The van der Waals surface area contributed by atoms with Crippen molar-refractivity contribution >= 4 is 11.8 Å². The molecule has 7 heteroatoms. The van der Waals surface area contributed by atoms with Crippen molar-refractivity contribution in [2.75, 3.05) is 46.4 Å². The van der Waals surface area contributed by atoms with Crippen LogP contribution in [0.1, 0.15) is 53.6 Å². The molecule has 194 valence electrons. The van der Waals surface area contributed by atoms with Crippen LogP contribution in [-0.2, 0) is 17.9 Å². The summed E-state index contributed by atoms with van der Waals surface area (Å²) in [5, 5.41) is 6.24. The maximum atomic E-state index is 13.4. The fourth-order valence-electron chi connectivity index (χ4n) is 5.15. The van der Waals surface area contributed by atoms with E-state index in [0.717, 1.165) is 55.6 Å². The number of carbonyl (C=O) groups is 2. The maximum Gasteiger partial charge on any atom is 0.251 e. The molecule has 0 aromatic heterocycles. The fourth-order valence-corrected chi connectivity index (χ4v) is 5.15. The molecule has 36 heavy (non-hydrogen) atoms. The lowest BCUT2D eigenvalue weighted by Gasteiger charge is -2.30. The predicted octanol–water partition coefficient (Wildman–Crippen LogP) is 3.44. The van der Waals surface area contributed by atoms with E-state index in [1.54, 1.807) is 0 Å². The Labute approximate surface area is 215 Å². The van der Waals surface area contributed by atoms with Gasteiger partial charge in [0.15, 0.2) is 0 Å². The molecule has 2 amide bonds. The van der Waals surface area contributed by atoms with Gasteiger partial charge in [-0.25, -0.2) is 0 Å². The maximum absolute atomic E-state index is 13.4. The smallest absolute Gasteiger partial charge is 0.251 e. The van der Waals surface area contributed by atoms with Crippen molar-refractivity contribution in [1.82, 2.24) is 20.4 Å². The number of hydrogen-bond acceptors (Lipinski definition) is 5. The fraction of sp³-hybridized carbons (Fsp3) is 0.517. The zero-order chi connectivity index (χ0) is 25.2. The Hall–Kier alpha value is -2.90. The minimum absolute atomic E-state index is 0.0102. The third kappa shape index (κ3) is 7.80. The van der Waals surface area contributed by atoms with Crippen LogP contribution in [-0.4, -0.2) is 68.0 Å². The lowest BCUT2D eigenvalue weighted by molar-refractivity contribution is -0.122. The van der Waals surface area contributed by atoms with Gasteiger partial charge in [-0.2, -0.15) is 0 Å². The monoisotopic (exact) mass is 492 g/mol. The van der Waals surface area contributed by atoms with E-state index >= 15 is 0 Å². The highest BCUT2D eigenvalue weighted by Crippen LogP contribution is 2.26. The molecule has 2 aromatic carbocycles. The van der Waals surface area contributed by atoms with Gasteiger partial charge < -0.3 is 20.3 Å². The zero-order valence-electron chi connectivity index (χ0n) is 21.5. The lowest BCUT2D eigenvalue weighted by atomic mass is 9.98. The van der Waals surface area contributed by atoms with Gasteiger partial charge in [-0.1, -0.05) is 36.4 Å². The van der Waals surface area contributed by atoms with E-state index in [2.05, 4.69) is 39.6 Å². The van der Waals surface area contributed by atoms with Crippen molar-refractivity contribution in [3.63, 3.8) is 0 Å². The number of ether oxygens (including phenoxy) is 1. The summed E-state index contributed by atoms with van der Waals surface area (Å²) in [5.41, 5.74) is 2.60. The first-order valence-electron chi connectivity index (χ1n) is 13.3. The Balaban J connectivity index is 1.57. The van der Waals surface area contributed by atoms with Crippen LogP contribution in [0.2, 0.25) is 0 Å². The van der Waals surface area contributed by atoms with Crippen LogP contribution in [0.15, 0.2) is 48.5 Å². The standard InChI is InChI=1S/C29H40N4O3/c1-32-16-9-12-24(19-32)18-31-29(35)25-13-8-14-27-26(25)21-33(20-23-10-4-2-5-11-23)22-28(34)30-15-6-3-7-17-36-27/h2,4-5,8,10-11,13-14,24H,3,6-7,9,12,15-22H2,1H3,(H,30,34)(H,31,35). The van der Waals surface area contributed by atoms with Crippen molar-refractivity contribution in [2.24, 2.45) is 5.92 Å². The molecule has 2 aromatic rings. The molecule has 2 heterocycles. The molecule has 4 rings (SSSR count). The topological polar surface area (TPSA) is 73.9 Å². The highest BCUT2D eigenvalue weighted by atomic mass is 16.5. The van der Waals surface area contributed by atoms with Crippen molar-refractivity contribution in [1.29, 1.82) is 0 Å². The molecule has 0 aliphatic carbocycles. The molecule has 0 saturated carbocycles. The molecular formula is C29H40N4O3. The number of nitrogens with one attached hydrogen (secondary N) is 2. The number of hydrogen-bond donors (Lipinski definition) is 2. The molecule has 1 fully saturated rings. The molecular weight excluding hydrogens is 452 g/mol. The summed E-state index contributed by atoms with van der Waals surface area (Å²) in [6.07, 6.45) is 5.14. The average Bonchev–Trinajstić information content (AvgIpc) is 2.89. The summed E-state index contributed by atoms with van der Waals surface area (Å²) in [5.74, 6) is 1.14. The summed E-state index contributed by atoms with van der Waals surface area (Å²) in [6, 6.07) is 15.9. The van der Waals surface area contributed by atoms with Crippen molar-refractivity contribution in [3.05, 3.63) is 65.2 Å². The van der Waals surface area contributed by atoms with Gasteiger partial charge in [0.25, 0.3) is 5.91 Å². The first-order valence-corrected chi connectivity index (χ1v) is 13.3. The van der Waals surface area contributed by atoms with Crippen molar-refractivity contribution < 1.29 is 14.3 Å². The number of fused-ring (bicyclic) bond motifs is 1. The second-order valence-electron chi connectivity index (χ2n) is 10.2. The van der Waals surface area contributed by atoms with E-state index in [4.69, 9.17) is 4.74 Å². The average molecular weight is 493 g/mol. The molecule has 1 saturated heterocycles. The van der Waals surface area contributed by atoms with Gasteiger partial charge in [0.2, 0.25) is 5.91 Å². The van der Waals surface area contributed by atoms with Crippen LogP contribution in [0.3, 0.4) is 0 Å². The molecule has 1 unspecified atom stereocenters. The van der Waals surface area contributed by atoms with Gasteiger partial charge in [0.05, 0.1) is 13.2 Å². The van der Waals surface area contributed by atoms with E-state index < -0.39 is 0 Å². The number of amides is 2. The van der Waals surface area contributed by atoms with Crippen LogP contribution < -0.4 is 15.4 Å². The van der Waals surface area contributed by atoms with Gasteiger partial charge in [0, 0.05) is 43.9 Å². The van der Waals surface area contributed by atoms with Crippen LogP contribution in [0.5, 0.6) is 5.75 Å². The summed E-state index contributed by atoms with van der Waals surface area (Å²) < 4.78 is 6.21. The Morgan fingerprint density at radius 3 is 2.75 bits per heavy atom. The van der Waals surface area contributed by atoms with Gasteiger partial charge >= 0.3 is 0 Å². The van der Waals surface area contributed by atoms with Gasteiger partial charge in [-0.3, -0.25) is 14.5 Å². The summed E-state index contributed by atoms with van der Waals surface area (Å²) in [7, 11) is 2.14. The van der Waals surface area contributed by atoms with E-state index in [0.29, 0.717) is 44.3 Å². The molecule has 2 N–H and O–H groups in total. The third-order valence-corrected chi connectivity index (χ3v) is 7.05. The zero-order valence-corrected chi connectivity index (χ0v) is 21.5. The van der Waals surface area contributed by atoms with Gasteiger partial charge in [-0.15, -0.1) is 0 Å². The van der Waals surface area contributed by atoms with E-state index in [-0.39, 0.29) is 18.4 Å². The van der Waals surface area contributed by atoms with Crippen molar-refractivity contribution in [2.45, 2.75) is 45.2 Å². The Morgan fingerprint density at radius 2 is 1.92 bits per heavy atom. The molecule has 0 spiro atoms. The second kappa shape index (κ2) is 13.4. The molecule has 1 atom stereocenters. The number of benzene rings is 2. The quantitative estimate of drug-likeness (QED) is 0.669. The summed E-state index contributed by atoms with van der Waals surface area (Å²) in [4.78, 5) is 30.6. The first-order chi connectivity index (χ1) is 17.6.